The van der Waals surface area contributed by atoms with Gasteiger partial charge in [-0.3, -0.25) is 4.79 Å². The van der Waals surface area contributed by atoms with Gasteiger partial charge in [0.05, 0.1) is 13.1 Å². The molecule has 2 rings (SSSR count). The van der Waals surface area contributed by atoms with Crippen LogP contribution < -0.4 is 10.6 Å². The molecule has 0 spiro atoms. The second kappa shape index (κ2) is 11.3. The van der Waals surface area contributed by atoms with E-state index < -0.39 is 11.6 Å². The number of aliphatic imine (C=N–C) groups is 1. The molecule has 0 saturated heterocycles. The Morgan fingerprint density at radius 1 is 1.23 bits per heavy atom. The highest BCUT2D eigenvalue weighted by molar-refractivity contribution is 14.0. The molecule has 5 nitrogen and oxygen atoms in total. The summed E-state index contributed by atoms with van der Waals surface area (Å²) in [5.41, 5.74) is 0.184. The van der Waals surface area contributed by atoms with Crippen LogP contribution in [0.2, 0.25) is 0 Å². The minimum Gasteiger partial charge on any atom is -0.354 e. The Morgan fingerprint density at radius 2 is 1.92 bits per heavy atom. The van der Waals surface area contributed by atoms with E-state index in [1.165, 1.54) is 11.3 Å². The number of nitrogens with zero attached hydrogens (tertiary/aromatic N) is 2. The van der Waals surface area contributed by atoms with Crippen molar-refractivity contribution in [3.8, 4) is 0 Å². The SMILES string of the molecule is CN(C)C(=O)CNC(=NCc1cc(F)ccc1F)NC1CCCCC1.I. The third kappa shape index (κ3) is 7.43. The molecule has 1 aliphatic carbocycles. The van der Waals surface area contributed by atoms with Crippen LogP contribution in [0.25, 0.3) is 0 Å². The zero-order chi connectivity index (χ0) is 18.2. The summed E-state index contributed by atoms with van der Waals surface area (Å²) in [5.74, 6) is -0.628. The highest BCUT2D eigenvalue weighted by atomic mass is 127. The van der Waals surface area contributed by atoms with Crippen LogP contribution in [-0.4, -0.2) is 43.4 Å². The fraction of sp³-hybridized carbons (Fsp3) is 0.556. The van der Waals surface area contributed by atoms with E-state index in [2.05, 4.69) is 15.6 Å². The zero-order valence-corrected chi connectivity index (χ0v) is 17.6. The number of likely N-dealkylation sites (N-methyl/N-ethyl adjacent to an activating group) is 1. The molecule has 8 heteroatoms. The van der Waals surface area contributed by atoms with Crippen molar-refractivity contribution in [1.29, 1.82) is 0 Å². The number of rotatable bonds is 5. The summed E-state index contributed by atoms with van der Waals surface area (Å²) in [4.78, 5) is 17.6. The summed E-state index contributed by atoms with van der Waals surface area (Å²) < 4.78 is 27.1. The van der Waals surface area contributed by atoms with Crippen LogP contribution in [0.15, 0.2) is 23.2 Å². The van der Waals surface area contributed by atoms with Gasteiger partial charge in [-0.15, -0.1) is 24.0 Å². The van der Waals surface area contributed by atoms with E-state index in [0.717, 1.165) is 43.9 Å². The molecular formula is C18H27F2IN4O. The molecule has 0 aromatic heterocycles. The predicted molar refractivity (Wildman–Crippen MR) is 110 cm³/mol. The monoisotopic (exact) mass is 480 g/mol. The average Bonchev–Trinajstić information content (AvgIpc) is 2.60. The molecule has 1 aromatic rings. The molecule has 146 valence electrons. The lowest BCUT2D eigenvalue weighted by Gasteiger charge is -2.25. The number of hydrogen-bond acceptors (Lipinski definition) is 2. The number of hydrogen-bond donors (Lipinski definition) is 2. The molecule has 2 N–H and O–H groups in total. The average molecular weight is 480 g/mol. The molecule has 0 heterocycles. The summed E-state index contributed by atoms with van der Waals surface area (Å²) in [6, 6.07) is 3.60. The molecule has 0 bridgehead atoms. The lowest BCUT2D eigenvalue weighted by atomic mass is 9.96. The summed E-state index contributed by atoms with van der Waals surface area (Å²) in [6.45, 7) is 0.0962. The van der Waals surface area contributed by atoms with E-state index in [0.29, 0.717) is 5.96 Å². The first-order chi connectivity index (χ1) is 12.0. The summed E-state index contributed by atoms with van der Waals surface area (Å²) in [7, 11) is 3.36. The van der Waals surface area contributed by atoms with E-state index >= 15 is 0 Å². The van der Waals surface area contributed by atoms with E-state index in [9.17, 15) is 13.6 Å². The van der Waals surface area contributed by atoms with Crippen molar-refractivity contribution in [3.63, 3.8) is 0 Å². The third-order valence-electron chi connectivity index (χ3n) is 4.27. The largest absolute Gasteiger partial charge is 0.354 e. The molecular weight excluding hydrogens is 453 g/mol. The normalized spacial score (nSPS) is 15.2. The van der Waals surface area contributed by atoms with Crippen molar-refractivity contribution in [2.45, 2.75) is 44.7 Å². The molecule has 0 unspecified atom stereocenters. The fourth-order valence-corrected chi connectivity index (χ4v) is 2.74. The van der Waals surface area contributed by atoms with Gasteiger partial charge < -0.3 is 15.5 Å². The highest BCUT2D eigenvalue weighted by Crippen LogP contribution is 2.17. The van der Waals surface area contributed by atoms with Gasteiger partial charge in [0.2, 0.25) is 5.91 Å². The van der Waals surface area contributed by atoms with Crippen molar-refractivity contribution in [2.24, 2.45) is 4.99 Å². The first kappa shape index (κ1) is 22.6. The smallest absolute Gasteiger partial charge is 0.241 e. The minimum absolute atomic E-state index is 0. The van der Waals surface area contributed by atoms with E-state index in [4.69, 9.17) is 0 Å². The van der Waals surface area contributed by atoms with Crippen LogP contribution in [-0.2, 0) is 11.3 Å². The summed E-state index contributed by atoms with van der Waals surface area (Å²) in [5, 5.41) is 6.29. The summed E-state index contributed by atoms with van der Waals surface area (Å²) in [6.07, 6.45) is 5.61. The quantitative estimate of drug-likeness (QED) is 0.387. The van der Waals surface area contributed by atoms with Gasteiger partial charge in [-0.05, 0) is 31.0 Å². The third-order valence-corrected chi connectivity index (χ3v) is 4.27. The number of carbonyl (C=O) groups excluding carboxylic acids is 1. The van der Waals surface area contributed by atoms with Gasteiger partial charge in [-0.2, -0.15) is 0 Å². The molecule has 1 amide bonds. The number of benzene rings is 1. The maximum atomic E-state index is 13.8. The Morgan fingerprint density at radius 3 is 2.58 bits per heavy atom. The number of halogens is 3. The molecule has 1 aliphatic rings. The first-order valence-corrected chi connectivity index (χ1v) is 8.64. The van der Waals surface area contributed by atoms with Crippen molar-refractivity contribution < 1.29 is 13.6 Å². The van der Waals surface area contributed by atoms with Crippen LogP contribution in [0.1, 0.15) is 37.7 Å². The summed E-state index contributed by atoms with van der Waals surface area (Å²) >= 11 is 0. The van der Waals surface area contributed by atoms with Gasteiger partial charge in [-0.25, -0.2) is 13.8 Å². The van der Waals surface area contributed by atoms with E-state index in [1.807, 2.05) is 0 Å². The van der Waals surface area contributed by atoms with E-state index in [-0.39, 0.29) is 54.6 Å². The van der Waals surface area contributed by atoms with Crippen molar-refractivity contribution in [2.75, 3.05) is 20.6 Å². The van der Waals surface area contributed by atoms with Crippen molar-refractivity contribution in [1.82, 2.24) is 15.5 Å². The number of carbonyl (C=O) groups is 1. The lowest BCUT2D eigenvalue weighted by molar-refractivity contribution is -0.127. The lowest BCUT2D eigenvalue weighted by Crippen LogP contribution is -2.47. The second-order valence-corrected chi connectivity index (χ2v) is 6.52. The minimum atomic E-state index is -0.496. The Bertz CT molecular complexity index is 619. The zero-order valence-electron chi connectivity index (χ0n) is 15.2. The highest BCUT2D eigenvalue weighted by Gasteiger charge is 2.15. The Hall–Kier alpha value is -1.45. The number of amides is 1. The van der Waals surface area contributed by atoms with Gasteiger partial charge in [0.25, 0.3) is 0 Å². The molecule has 1 aromatic carbocycles. The molecule has 0 aliphatic heterocycles. The Kier molecular flexibility index (Phi) is 9.82. The van der Waals surface area contributed by atoms with Crippen LogP contribution in [0.3, 0.4) is 0 Å². The molecule has 0 atom stereocenters. The topological polar surface area (TPSA) is 56.7 Å². The van der Waals surface area contributed by atoms with Crippen LogP contribution in [0.4, 0.5) is 8.78 Å². The molecule has 1 fully saturated rings. The first-order valence-electron chi connectivity index (χ1n) is 8.64. The molecule has 0 radical (unpaired) electrons. The maximum Gasteiger partial charge on any atom is 0.241 e. The fourth-order valence-electron chi connectivity index (χ4n) is 2.74. The van der Waals surface area contributed by atoms with Gasteiger partial charge in [0, 0.05) is 25.7 Å². The van der Waals surface area contributed by atoms with Crippen LogP contribution in [0, 0.1) is 11.6 Å². The van der Waals surface area contributed by atoms with Crippen molar-refractivity contribution >= 4 is 35.8 Å². The van der Waals surface area contributed by atoms with Gasteiger partial charge in [0.1, 0.15) is 11.6 Å². The predicted octanol–water partition coefficient (Wildman–Crippen LogP) is 3.04. The van der Waals surface area contributed by atoms with Gasteiger partial charge in [0.15, 0.2) is 5.96 Å². The molecule has 26 heavy (non-hydrogen) atoms. The number of nitrogens with one attached hydrogen (secondary N) is 2. The maximum absolute atomic E-state index is 13.8. The number of guanidine groups is 1. The molecule has 1 saturated carbocycles. The van der Waals surface area contributed by atoms with Gasteiger partial charge in [-0.1, -0.05) is 19.3 Å². The van der Waals surface area contributed by atoms with Crippen LogP contribution >= 0.6 is 24.0 Å². The van der Waals surface area contributed by atoms with Gasteiger partial charge >= 0.3 is 0 Å². The van der Waals surface area contributed by atoms with Crippen LogP contribution in [0.5, 0.6) is 0 Å². The Balaban J connectivity index is 0.00000338. The van der Waals surface area contributed by atoms with Crippen molar-refractivity contribution in [3.05, 3.63) is 35.4 Å². The Labute approximate surface area is 170 Å². The van der Waals surface area contributed by atoms with E-state index in [1.54, 1.807) is 14.1 Å². The second-order valence-electron chi connectivity index (χ2n) is 6.52. The standard InChI is InChI=1S/C18H26F2N4O.HI/c1-24(2)17(25)12-22-18(23-15-6-4-3-5-7-15)21-11-13-10-14(19)8-9-16(13)20;/h8-10,15H,3-7,11-12H2,1-2H3,(H2,21,22,23);1H.